The standard InChI is InChI=1S/C20H21ClN2O3/c1-11-8-9-18-17(10-11)23(20(25)14(4)26-18)13(3)19(24)22-16-7-5-6-15(21)12(16)2/h5-10,13-14H,1-4H3,(H,22,24). The highest BCUT2D eigenvalue weighted by atomic mass is 35.5. The number of benzene rings is 2. The summed E-state index contributed by atoms with van der Waals surface area (Å²) in [5, 5.41) is 3.45. The summed E-state index contributed by atoms with van der Waals surface area (Å²) >= 11 is 6.12. The van der Waals surface area contributed by atoms with Crippen LogP contribution in [0.2, 0.25) is 5.02 Å². The molecule has 2 aromatic carbocycles. The molecule has 6 heteroatoms. The summed E-state index contributed by atoms with van der Waals surface area (Å²) in [7, 11) is 0. The number of amides is 2. The summed E-state index contributed by atoms with van der Waals surface area (Å²) in [6.07, 6.45) is -0.645. The molecule has 0 aliphatic carbocycles. The van der Waals surface area contributed by atoms with Crippen LogP contribution in [0.4, 0.5) is 11.4 Å². The lowest BCUT2D eigenvalue weighted by Gasteiger charge is -2.36. The lowest BCUT2D eigenvalue weighted by molar-refractivity contribution is -0.128. The topological polar surface area (TPSA) is 58.6 Å². The Morgan fingerprint density at radius 3 is 2.73 bits per heavy atom. The van der Waals surface area contributed by atoms with Gasteiger partial charge in [0.05, 0.1) is 5.69 Å². The van der Waals surface area contributed by atoms with Gasteiger partial charge in [0.15, 0.2) is 6.10 Å². The lowest BCUT2D eigenvalue weighted by Crippen LogP contribution is -2.52. The van der Waals surface area contributed by atoms with Crippen molar-refractivity contribution in [3.8, 4) is 5.75 Å². The third-order valence-electron chi connectivity index (χ3n) is 4.56. The molecule has 2 atom stereocenters. The van der Waals surface area contributed by atoms with Gasteiger partial charge < -0.3 is 10.1 Å². The van der Waals surface area contributed by atoms with Crippen LogP contribution in [0.3, 0.4) is 0 Å². The molecule has 1 aliphatic rings. The van der Waals surface area contributed by atoms with E-state index >= 15 is 0 Å². The van der Waals surface area contributed by atoms with Gasteiger partial charge in [0.25, 0.3) is 5.91 Å². The second-order valence-corrected chi connectivity index (χ2v) is 6.92. The van der Waals surface area contributed by atoms with Gasteiger partial charge in [0, 0.05) is 10.7 Å². The zero-order valence-electron chi connectivity index (χ0n) is 15.2. The Bertz CT molecular complexity index is 881. The molecule has 0 aromatic heterocycles. The van der Waals surface area contributed by atoms with E-state index in [-0.39, 0.29) is 11.8 Å². The minimum atomic E-state index is -0.701. The largest absolute Gasteiger partial charge is 0.479 e. The number of anilines is 2. The molecule has 2 aromatic rings. The first-order chi connectivity index (χ1) is 12.3. The Labute approximate surface area is 157 Å². The normalized spacial score (nSPS) is 17.3. The van der Waals surface area contributed by atoms with E-state index in [0.29, 0.717) is 22.1 Å². The van der Waals surface area contributed by atoms with Crippen LogP contribution in [-0.4, -0.2) is 24.0 Å². The second-order valence-electron chi connectivity index (χ2n) is 6.52. The van der Waals surface area contributed by atoms with Gasteiger partial charge in [0.2, 0.25) is 5.91 Å². The number of hydrogen-bond donors (Lipinski definition) is 1. The smallest absolute Gasteiger partial charge is 0.268 e. The minimum Gasteiger partial charge on any atom is -0.479 e. The van der Waals surface area contributed by atoms with Crippen molar-refractivity contribution in [1.29, 1.82) is 0 Å². The molecule has 2 unspecified atom stereocenters. The van der Waals surface area contributed by atoms with Crippen molar-refractivity contribution in [3.63, 3.8) is 0 Å². The van der Waals surface area contributed by atoms with E-state index < -0.39 is 12.1 Å². The van der Waals surface area contributed by atoms with E-state index in [4.69, 9.17) is 16.3 Å². The number of aryl methyl sites for hydroxylation is 1. The molecule has 0 saturated heterocycles. The fourth-order valence-electron chi connectivity index (χ4n) is 2.97. The van der Waals surface area contributed by atoms with Crippen molar-refractivity contribution >= 4 is 34.8 Å². The van der Waals surface area contributed by atoms with Crippen LogP contribution in [0, 0.1) is 13.8 Å². The van der Waals surface area contributed by atoms with Crippen LogP contribution >= 0.6 is 11.6 Å². The molecule has 136 valence electrons. The summed E-state index contributed by atoms with van der Waals surface area (Å²) in [5.41, 5.74) is 3.01. The Hall–Kier alpha value is -2.53. The van der Waals surface area contributed by atoms with Crippen molar-refractivity contribution in [1.82, 2.24) is 0 Å². The SMILES string of the molecule is Cc1ccc2c(c1)N(C(C)C(=O)Nc1cccc(Cl)c1C)C(=O)C(C)O2. The van der Waals surface area contributed by atoms with Crippen LogP contribution in [0.1, 0.15) is 25.0 Å². The van der Waals surface area contributed by atoms with E-state index in [0.717, 1.165) is 11.1 Å². The molecule has 3 rings (SSSR count). The minimum absolute atomic E-state index is 0.242. The summed E-state index contributed by atoms with van der Waals surface area (Å²) in [5.74, 6) is 0.0696. The highest BCUT2D eigenvalue weighted by Crippen LogP contribution is 2.36. The molecular weight excluding hydrogens is 352 g/mol. The second kappa shape index (κ2) is 7.00. The van der Waals surface area contributed by atoms with Gasteiger partial charge in [0.1, 0.15) is 11.8 Å². The molecule has 1 N–H and O–H groups in total. The fourth-order valence-corrected chi connectivity index (χ4v) is 3.14. The highest BCUT2D eigenvalue weighted by molar-refractivity contribution is 6.31. The quantitative estimate of drug-likeness (QED) is 0.882. The number of hydrogen-bond acceptors (Lipinski definition) is 3. The fraction of sp³-hybridized carbons (Fsp3) is 0.300. The first kappa shape index (κ1) is 18.3. The summed E-state index contributed by atoms with van der Waals surface area (Å²) < 4.78 is 5.67. The van der Waals surface area contributed by atoms with Crippen LogP contribution in [-0.2, 0) is 9.59 Å². The van der Waals surface area contributed by atoms with Gasteiger partial charge in [-0.1, -0.05) is 23.7 Å². The zero-order valence-corrected chi connectivity index (χ0v) is 15.9. The number of ether oxygens (including phenoxy) is 1. The van der Waals surface area contributed by atoms with Gasteiger partial charge in [-0.2, -0.15) is 0 Å². The van der Waals surface area contributed by atoms with E-state index in [9.17, 15) is 9.59 Å². The first-order valence-electron chi connectivity index (χ1n) is 8.46. The number of nitrogens with one attached hydrogen (secondary N) is 1. The number of fused-ring (bicyclic) bond motifs is 1. The summed E-state index contributed by atoms with van der Waals surface area (Å²) in [4.78, 5) is 27.1. The molecule has 0 fully saturated rings. The van der Waals surface area contributed by atoms with Crippen LogP contribution in [0.5, 0.6) is 5.75 Å². The predicted octanol–water partition coefficient (Wildman–Crippen LogP) is 4.10. The van der Waals surface area contributed by atoms with E-state index in [1.807, 2.05) is 32.0 Å². The van der Waals surface area contributed by atoms with Crippen molar-refractivity contribution < 1.29 is 14.3 Å². The van der Waals surface area contributed by atoms with Crippen molar-refractivity contribution in [2.75, 3.05) is 10.2 Å². The maximum absolute atomic E-state index is 12.8. The molecule has 2 amide bonds. The average Bonchev–Trinajstić information content (AvgIpc) is 2.60. The van der Waals surface area contributed by atoms with Crippen molar-refractivity contribution in [2.24, 2.45) is 0 Å². The van der Waals surface area contributed by atoms with E-state index in [2.05, 4.69) is 5.32 Å². The lowest BCUT2D eigenvalue weighted by atomic mass is 10.1. The maximum Gasteiger partial charge on any atom is 0.268 e. The Kier molecular flexibility index (Phi) is 4.92. The summed E-state index contributed by atoms with van der Waals surface area (Å²) in [6.45, 7) is 7.16. The predicted molar refractivity (Wildman–Crippen MR) is 103 cm³/mol. The molecular formula is C20H21ClN2O3. The van der Waals surface area contributed by atoms with Gasteiger partial charge >= 0.3 is 0 Å². The maximum atomic E-state index is 12.8. The molecule has 0 radical (unpaired) electrons. The number of carbonyl (C=O) groups excluding carboxylic acids is 2. The number of halogens is 1. The average molecular weight is 373 g/mol. The highest BCUT2D eigenvalue weighted by Gasteiger charge is 2.37. The number of carbonyl (C=O) groups is 2. The Morgan fingerprint density at radius 1 is 1.27 bits per heavy atom. The van der Waals surface area contributed by atoms with Crippen molar-refractivity contribution in [3.05, 3.63) is 52.5 Å². The molecule has 1 heterocycles. The Balaban J connectivity index is 1.92. The van der Waals surface area contributed by atoms with Crippen molar-refractivity contribution in [2.45, 2.75) is 39.8 Å². The van der Waals surface area contributed by atoms with Crippen LogP contribution in [0.15, 0.2) is 36.4 Å². The zero-order chi connectivity index (χ0) is 19.0. The molecule has 0 saturated carbocycles. The number of nitrogens with zero attached hydrogens (tertiary/aromatic N) is 1. The first-order valence-corrected chi connectivity index (χ1v) is 8.83. The van der Waals surface area contributed by atoms with Crippen LogP contribution < -0.4 is 15.0 Å². The van der Waals surface area contributed by atoms with Crippen LogP contribution in [0.25, 0.3) is 0 Å². The van der Waals surface area contributed by atoms with Gasteiger partial charge in [-0.15, -0.1) is 0 Å². The van der Waals surface area contributed by atoms with Gasteiger partial charge in [-0.05, 0) is 63.1 Å². The molecule has 1 aliphatic heterocycles. The number of rotatable bonds is 3. The third kappa shape index (κ3) is 3.27. The third-order valence-corrected chi connectivity index (χ3v) is 4.96. The molecule has 0 spiro atoms. The van der Waals surface area contributed by atoms with Gasteiger partial charge in [-0.25, -0.2) is 0 Å². The Morgan fingerprint density at radius 2 is 2.00 bits per heavy atom. The summed E-state index contributed by atoms with van der Waals surface area (Å²) in [6, 6.07) is 10.2. The molecule has 0 bridgehead atoms. The van der Waals surface area contributed by atoms with E-state index in [1.54, 1.807) is 32.0 Å². The molecule has 26 heavy (non-hydrogen) atoms. The van der Waals surface area contributed by atoms with Gasteiger partial charge in [-0.3, -0.25) is 14.5 Å². The van der Waals surface area contributed by atoms with E-state index in [1.165, 1.54) is 4.90 Å². The molecule has 5 nitrogen and oxygen atoms in total. The monoisotopic (exact) mass is 372 g/mol.